The van der Waals surface area contributed by atoms with Gasteiger partial charge >= 0.3 is 0 Å². The lowest BCUT2D eigenvalue weighted by Gasteiger charge is -2.15. The molecule has 100 valence electrons. The molecule has 0 radical (unpaired) electrons. The third kappa shape index (κ3) is 3.06. The fourth-order valence-electron chi connectivity index (χ4n) is 1.90. The van der Waals surface area contributed by atoms with Gasteiger partial charge in [0.05, 0.1) is 6.04 Å². The van der Waals surface area contributed by atoms with E-state index in [9.17, 15) is 8.78 Å². The first-order valence-electron chi connectivity index (χ1n) is 5.55. The number of halogens is 4. The van der Waals surface area contributed by atoms with Crippen molar-refractivity contribution in [3.63, 3.8) is 0 Å². The molecule has 0 heterocycles. The number of hydrogen-bond acceptors (Lipinski definition) is 1. The van der Waals surface area contributed by atoms with Gasteiger partial charge in [-0.1, -0.05) is 29.3 Å². The molecule has 0 aromatic heterocycles. The molecular formula is C14H11Cl2F2N. The third-order valence-electron chi connectivity index (χ3n) is 2.80. The van der Waals surface area contributed by atoms with Gasteiger partial charge in [0.15, 0.2) is 11.6 Å². The lowest BCUT2D eigenvalue weighted by atomic mass is 9.98. The van der Waals surface area contributed by atoms with Crippen molar-refractivity contribution in [2.75, 3.05) is 0 Å². The van der Waals surface area contributed by atoms with Gasteiger partial charge in [0.2, 0.25) is 0 Å². The van der Waals surface area contributed by atoms with Crippen LogP contribution in [0.1, 0.15) is 22.7 Å². The first-order valence-corrected chi connectivity index (χ1v) is 6.31. The normalized spacial score (nSPS) is 12.5. The minimum Gasteiger partial charge on any atom is -0.320 e. The minimum atomic E-state index is -0.997. The lowest BCUT2D eigenvalue weighted by molar-refractivity contribution is 0.506. The Bertz CT molecular complexity index is 609. The molecule has 2 aromatic rings. The Morgan fingerprint density at radius 3 is 2.26 bits per heavy atom. The van der Waals surface area contributed by atoms with Crippen molar-refractivity contribution in [3.05, 3.63) is 68.7 Å². The van der Waals surface area contributed by atoms with E-state index in [0.29, 0.717) is 16.1 Å². The molecule has 0 spiro atoms. The molecule has 2 rings (SSSR count). The van der Waals surface area contributed by atoms with Gasteiger partial charge in [-0.3, -0.25) is 0 Å². The van der Waals surface area contributed by atoms with Gasteiger partial charge in [-0.15, -0.1) is 0 Å². The molecule has 2 N–H and O–H groups in total. The van der Waals surface area contributed by atoms with Crippen LogP contribution in [0.3, 0.4) is 0 Å². The monoisotopic (exact) mass is 301 g/mol. The van der Waals surface area contributed by atoms with Crippen molar-refractivity contribution in [3.8, 4) is 0 Å². The largest absolute Gasteiger partial charge is 0.320 e. The summed E-state index contributed by atoms with van der Waals surface area (Å²) < 4.78 is 26.3. The van der Waals surface area contributed by atoms with Gasteiger partial charge in [-0.2, -0.15) is 0 Å². The van der Waals surface area contributed by atoms with Crippen molar-refractivity contribution in [2.45, 2.75) is 13.0 Å². The van der Waals surface area contributed by atoms with Gasteiger partial charge in [0.25, 0.3) is 0 Å². The molecular weight excluding hydrogens is 291 g/mol. The van der Waals surface area contributed by atoms with E-state index in [2.05, 4.69) is 0 Å². The summed E-state index contributed by atoms with van der Waals surface area (Å²) in [6.07, 6.45) is 0. The van der Waals surface area contributed by atoms with Crippen LogP contribution in [0.2, 0.25) is 10.0 Å². The van der Waals surface area contributed by atoms with Crippen molar-refractivity contribution < 1.29 is 8.78 Å². The Balaban J connectivity index is 2.49. The SMILES string of the molecule is Cc1cc(Cl)cc(C(N)c2cc(F)c(F)cc2Cl)c1. The number of rotatable bonds is 2. The van der Waals surface area contributed by atoms with Gasteiger partial charge in [0.1, 0.15) is 0 Å². The van der Waals surface area contributed by atoms with Crippen molar-refractivity contribution in [2.24, 2.45) is 5.73 Å². The lowest BCUT2D eigenvalue weighted by Crippen LogP contribution is -2.13. The van der Waals surface area contributed by atoms with E-state index in [1.807, 2.05) is 13.0 Å². The molecule has 0 aliphatic rings. The molecule has 0 saturated heterocycles. The molecule has 0 aliphatic carbocycles. The molecule has 0 saturated carbocycles. The van der Waals surface area contributed by atoms with E-state index < -0.39 is 17.7 Å². The Labute approximate surface area is 119 Å². The predicted molar refractivity (Wildman–Crippen MR) is 73.6 cm³/mol. The second kappa shape index (κ2) is 5.45. The van der Waals surface area contributed by atoms with Crippen LogP contribution in [0.25, 0.3) is 0 Å². The van der Waals surface area contributed by atoms with Crippen LogP contribution in [-0.4, -0.2) is 0 Å². The fraction of sp³-hybridized carbons (Fsp3) is 0.143. The maximum Gasteiger partial charge on any atom is 0.160 e. The van der Waals surface area contributed by atoms with E-state index in [1.165, 1.54) is 0 Å². The maximum atomic E-state index is 13.3. The molecule has 0 fully saturated rings. The molecule has 5 heteroatoms. The zero-order valence-corrected chi connectivity index (χ0v) is 11.6. The van der Waals surface area contributed by atoms with E-state index in [-0.39, 0.29) is 5.02 Å². The standard InChI is InChI=1S/C14H11Cl2F2N/c1-7-2-8(4-9(15)3-7)14(19)10-5-12(17)13(18)6-11(10)16/h2-6,14H,19H2,1H3. The van der Waals surface area contributed by atoms with Crippen LogP contribution >= 0.6 is 23.2 Å². The maximum absolute atomic E-state index is 13.3. The number of aryl methyl sites for hydroxylation is 1. The Morgan fingerprint density at radius 2 is 1.63 bits per heavy atom. The Morgan fingerprint density at radius 1 is 1.00 bits per heavy atom. The summed E-state index contributed by atoms with van der Waals surface area (Å²) in [5.74, 6) is -1.98. The minimum absolute atomic E-state index is 0.0871. The van der Waals surface area contributed by atoms with Gasteiger partial charge in [-0.05, 0) is 47.9 Å². The second-order valence-electron chi connectivity index (χ2n) is 4.33. The highest BCUT2D eigenvalue weighted by atomic mass is 35.5. The van der Waals surface area contributed by atoms with E-state index in [0.717, 1.165) is 17.7 Å². The molecule has 1 nitrogen and oxygen atoms in total. The van der Waals surface area contributed by atoms with Crippen molar-refractivity contribution in [1.29, 1.82) is 0 Å². The fourth-order valence-corrected chi connectivity index (χ4v) is 2.47. The summed E-state index contributed by atoms with van der Waals surface area (Å²) in [4.78, 5) is 0. The first-order chi connectivity index (χ1) is 8.88. The Hall–Kier alpha value is -1.16. The summed E-state index contributed by atoms with van der Waals surface area (Å²) in [7, 11) is 0. The zero-order chi connectivity index (χ0) is 14.2. The smallest absolute Gasteiger partial charge is 0.160 e. The summed E-state index contributed by atoms with van der Waals surface area (Å²) in [5, 5.41) is 0.619. The Kier molecular flexibility index (Phi) is 4.09. The van der Waals surface area contributed by atoms with Crippen molar-refractivity contribution in [1.82, 2.24) is 0 Å². The number of hydrogen-bond donors (Lipinski definition) is 1. The average molecular weight is 302 g/mol. The molecule has 1 atom stereocenters. The number of benzene rings is 2. The highest BCUT2D eigenvalue weighted by Gasteiger charge is 2.16. The van der Waals surface area contributed by atoms with Crippen molar-refractivity contribution >= 4 is 23.2 Å². The second-order valence-corrected chi connectivity index (χ2v) is 5.17. The molecule has 0 amide bonds. The quantitative estimate of drug-likeness (QED) is 0.804. The predicted octanol–water partition coefficient (Wildman–Crippen LogP) is 4.63. The average Bonchev–Trinajstić information content (AvgIpc) is 2.31. The highest BCUT2D eigenvalue weighted by molar-refractivity contribution is 6.31. The van der Waals surface area contributed by atoms with E-state index >= 15 is 0 Å². The van der Waals surface area contributed by atoms with Crippen LogP contribution in [-0.2, 0) is 0 Å². The third-order valence-corrected chi connectivity index (χ3v) is 3.34. The summed E-state index contributed by atoms with van der Waals surface area (Å²) >= 11 is 11.9. The van der Waals surface area contributed by atoms with E-state index in [1.54, 1.807) is 12.1 Å². The van der Waals surface area contributed by atoms with Gasteiger partial charge in [0, 0.05) is 10.0 Å². The topological polar surface area (TPSA) is 26.0 Å². The summed E-state index contributed by atoms with van der Waals surface area (Å²) in [5.41, 5.74) is 7.98. The first kappa shape index (κ1) is 14.3. The molecule has 2 aromatic carbocycles. The van der Waals surface area contributed by atoms with Crippen LogP contribution in [0.5, 0.6) is 0 Å². The van der Waals surface area contributed by atoms with Gasteiger partial charge in [-0.25, -0.2) is 8.78 Å². The van der Waals surface area contributed by atoms with Crippen LogP contribution in [0, 0.1) is 18.6 Å². The summed E-state index contributed by atoms with van der Waals surface area (Å²) in [6.45, 7) is 1.87. The zero-order valence-electron chi connectivity index (χ0n) is 10.1. The number of nitrogens with two attached hydrogens (primary N) is 1. The highest BCUT2D eigenvalue weighted by Crippen LogP contribution is 2.30. The van der Waals surface area contributed by atoms with Crippen LogP contribution in [0.15, 0.2) is 30.3 Å². The van der Waals surface area contributed by atoms with E-state index in [4.69, 9.17) is 28.9 Å². The molecule has 0 bridgehead atoms. The van der Waals surface area contributed by atoms with Crippen LogP contribution in [0.4, 0.5) is 8.78 Å². The molecule has 0 aliphatic heterocycles. The summed E-state index contributed by atoms with van der Waals surface area (Å²) in [6, 6.07) is 6.55. The van der Waals surface area contributed by atoms with Crippen LogP contribution < -0.4 is 5.73 Å². The molecule has 19 heavy (non-hydrogen) atoms. The van der Waals surface area contributed by atoms with Gasteiger partial charge < -0.3 is 5.73 Å². The molecule has 1 unspecified atom stereocenters.